The van der Waals surface area contributed by atoms with E-state index in [1.807, 2.05) is 4.68 Å². The lowest BCUT2D eigenvalue weighted by Gasteiger charge is -2.24. The van der Waals surface area contributed by atoms with E-state index < -0.39 is 15.9 Å². The number of aromatic nitrogens is 2. The Balaban J connectivity index is 1.78. The minimum Gasteiger partial charge on any atom is -0.268 e. The van der Waals surface area contributed by atoms with Gasteiger partial charge >= 0.3 is 0 Å². The fourth-order valence-corrected chi connectivity index (χ4v) is 4.47. The van der Waals surface area contributed by atoms with Gasteiger partial charge in [-0.3, -0.25) is 9.48 Å². The van der Waals surface area contributed by atoms with Crippen molar-refractivity contribution in [3.8, 4) is 0 Å². The first-order chi connectivity index (χ1) is 10.9. The number of amides is 1. The lowest BCUT2D eigenvalue weighted by Crippen LogP contribution is -2.36. The molecule has 0 saturated heterocycles. The molecular formula is C16H25N3O3S. The highest BCUT2D eigenvalue weighted by molar-refractivity contribution is 7.90. The molecule has 128 valence electrons. The summed E-state index contributed by atoms with van der Waals surface area (Å²) in [4.78, 5) is 12.5. The Morgan fingerprint density at radius 1 is 1.39 bits per heavy atom. The number of carbonyl (C=O) groups is 1. The van der Waals surface area contributed by atoms with Gasteiger partial charge in [0.25, 0.3) is 5.91 Å². The largest absolute Gasteiger partial charge is 0.268 e. The van der Waals surface area contributed by atoms with Crippen LogP contribution in [0.3, 0.4) is 0 Å². The summed E-state index contributed by atoms with van der Waals surface area (Å²) in [5, 5.41) is 4.35. The van der Waals surface area contributed by atoms with E-state index >= 15 is 0 Å². The SMILES string of the molecule is CC[C@@H](C)n1ncc(C(=O)NS(=O)(=O)CC2CCC2)c1C1CC1. The number of carbonyl (C=O) groups excluding carboxylic acids is 1. The Kier molecular flexibility index (Phi) is 4.49. The number of hydrogen-bond donors (Lipinski definition) is 1. The van der Waals surface area contributed by atoms with Crippen LogP contribution < -0.4 is 4.72 Å². The summed E-state index contributed by atoms with van der Waals surface area (Å²) < 4.78 is 28.4. The molecule has 2 saturated carbocycles. The van der Waals surface area contributed by atoms with Gasteiger partial charge < -0.3 is 0 Å². The quantitative estimate of drug-likeness (QED) is 0.828. The van der Waals surface area contributed by atoms with Crippen LogP contribution in [0.4, 0.5) is 0 Å². The smallest absolute Gasteiger partial charge is 0.268 e. The summed E-state index contributed by atoms with van der Waals surface area (Å²) in [5.41, 5.74) is 1.32. The minimum atomic E-state index is -3.56. The molecule has 0 radical (unpaired) electrons. The third kappa shape index (κ3) is 3.59. The monoisotopic (exact) mass is 339 g/mol. The maximum atomic E-state index is 12.5. The van der Waals surface area contributed by atoms with Crippen molar-refractivity contribution in [1.29, 1.82) is 0 Å². The van der Waals surface area contributed by atoms with Gasteiger partial charge in [-0.2, -0.15) is 5.10 Å². The summed E-state index contributed by atoms with van der Waals surface area (Å²) in [6.45, 7) is 4.14. The number of hydrogen-bond acceptors (Lipinski definition) is 4. The van der Waals surface area contributed by atoms with Crippen molar-refractivity contribution in [2.45, 2.75) is 64.3 Å². The van der Waals surface area contributed by atoms with Crippen LogP contribution in [0.1, 0.15) is 80.4 Å². The molecule has 3 rings (SSSR count). The molecule has 1 heterocycles. The average molecular weight is 339 g/mol. The molecule has 0 aromatic carbocycles. The molecule has 0 spiro atoms. The van der Waals surface area contributed by atoms with E-state index in [0.29, 0.717) is 11.5 Å². The molecule has 0 aliphatic heterocycles. The molecule has 6 nitrogen and oxygen atoms in total. The second kappa shape index (κ2) is 6.26. The molecule has 2 aliphatic carbocycles. The van der Waals surface area contributed by atoms with E-state index in [9.17, 15) is 13.2 Å². The van der Waals surface area contributed by atoms with E-state index in [-0.39, 0.29) is 17.7 Å². The lowest BCUT2D eigenvalue weighted by molar-refractivity contribution is 0.0980. The fourth-order valence-electron chi connectivity index (χ4n) is 3.04. The highest BCUT2D eigenvalue weighted by Gasteiger charge is 2.34. The normalized spacial score (nSPS) is 20.1. The van der Waals surface area contributed by atoms with Gasteiger partial charge in [-0.25, -0.2) is 13.1 Å². The standard InChI is InChI=1S/C16H25N3O3S/c1-3-11(2)19-15(13-7-8-13)14(9-17-19)16(20)18-23(21,22)10-12-5-4-6-12/h9,11-13H,3-8,10H2,1-2H3,(H,18,20)/t11-/m1/s1. The van der Waals surface area contributed by atoms with Crippen molar-refractivity contribution < 1.29 is 13.2 Å². The van der Waals surface area contributed by atoms with Gasteiger partial charge in [0.05, 0.1) is 23.2 Å². The number of nitrogens with zero attached hydrogens (tertiary/aromatic N) is 2. The Morgan fingerprint density at radius 2 is 2.09 bits per heavy atom. The second-order valence-corrected chi connectivity index (χ2v) is 8.70. The van der Waals surface area contributed by atoms with Crippen LogP contribution in [0.25, 0.3) is 0 Å². The molecule has 1 N–H and O–H groups in total. The molecule has 0 unspecified atom stereocenters. The summed E-state index contributed by atoms with van der Waals surface area (Å²) >= 11 is 0. The lowest BCUT2D eigenvalue weighted by atomic mass is 9.87. The maximum Gasteiger partial charge on any atom is 0.268 e. The van der Waals surface area contributed by atoms with Crippen LogP contribution in [0.15, 0.2) is 6.20 Å². The Bertz CT molecular complexity index is 687. The zero-order valence-corrected chi connectivity index (χ0v) is 14.6. The molecule has 23 heavy (non-hydrogen) atoms. The zero-order chi connectivity index (χ0) is 16.6. The molecule has 0 bridgehead atoms. The van der Waals surface area contributed by atoms with Crippen LogP contribution in [0.5, 0.6) is 0 Å². The van der Waals surface area contributed by atoms with Crippen LogP contribution >= 0.6 is 0 Å². The van der Waals surface area contributed by atoms with E-state index in [1.54, 1.807) is 0 Å². The van der Waals surface area contributed by atoms with Gasteiger partial charge in [-0.05, 0) is 44.9 Å². The molecular weight excluding hydrogens is 314 g/mol. The third-order valence-corrected chi connectivity index (χ3v) is 6.39. The Morgan fingerprint density at radius 3 is 2.61 bits per heavy atom. The van der Waals surface area contributed by atoms with Gasteiger partial charge in [0.2, 0.25) is 10.0 Å². The highest BCUT2D eigenvalue weighted by Crippen LogP contribution is 2.42. The van der Waals surface area contributed by atoms with Crippen molar-refractivity contribution >= 4 is 15.9 Å². The van der Waals surface area contributed by atoms with Crippen molar-refractivity contribution in [1.82, 2.24) is 14.5 Å². The summed E-state index contributed by atoms with van der Waals surface area (Å²) in [7, 11) is -3.56. The van der Waals surface area contributed by atoms with Crippen molar-refractivity contribution in [3.63, 3.8) is 0 Å². The molecule has 2 fully saturated rings. The summed E-state index contributed by atoms with van der Waals surface area (Å²) in [6.07, 6.45) is 7.48. The van der Waals surface area contributed by atoms with Crippen LogP contribution in [0, 0.1) is 5.92 Å². The van der Waals surface area contributed by atoms with Crippen molar-refractivity contribution in [3.05, 3.63) is 17.5 Å². The predicted molar refractivity (Wildman–Crippen MR) is 87.8 cm³/mol. The first-order valence-corrected chi connectivity index (χ1v) is 10.2. The van der Waals surface area contributed by atoms with Gasteiger partial charge in [-0.15, -0.1) is 0 Å². The molecule has 1 atom stereocenters. The molecule has 1 amide bonds. The number of nitrogens with one attached hydrogen (secondary N) is 1. The highest BCUT2D eigenvalue weighted by atomic mass is 32.2. The number of rotatable bonds is 7. The van der Waals surface area contributed by atoms with Gasteiger partial charge in [-0.1, -0.05) is 13.3 Å². The van der Waals surface area contributed by atoms with Crippen LogP contribution in [0.2, 0.25) is 0 Å². The first-order valence-electron chi connectivity index (χ1n) is 8.53. The van der Waals surface area contributed by atoms with Gasteiger partial charge in [0.15, 0.2) is 0 Å². The Labute approximate surface area is 137 Å². The first kappa shape index (κ1) is 16.5. The van der Waals surface area contributed by atoms with E-state index in [2.05, 4.69) is 23.7 Å². The average Bonchev–Trinajstić information content (AvgIpc) is 3.20. The van der Waals surface area contributed by atoms with Crippen molar-refractivity contribution in [2.24, 2.45) is 5.92 Å². The summed E-state index contributed by atoms with van der Waals surface area (Å²) in [5.74, 6) is 0.0604. The Hall–Kier alpha value is -1.37. The zero-order valence-electron chi connectivity index (χ0n) is 13.8. The van der Waals surface area contributed by atoms with Gasteiger partial charge in [0.1, 0.15) is 0 Å². The molecule has 1 aromatic heterocycles. The van der Waals surface area contributed by atoms with E-state index in [1.165, 1.54) is 6.20 Å². The second-order valence-electron chi connectivity index (χ2n) is 6.93. The number of sulfonamides is 1. The molecule has 7 heteroatoms. The fraction of sp³-hybridized carbons (Fsp3) is 0.750. The van der Waals surface area contributed by atoms with E-state index in [4.69, 9.17) is 0 Å². The minimum absolute atomic E-state index is 0.0526. The van der Waals surface area contributed by atoms with Crippen LogP contribution in [-0.4, -0.2) is 29.9 Å². The van der Waals surface area contributed by atoms with Crippen molar-refractivity contribution in [2.75, 3.05) is 5.75 Å². The molecule has 2 aliphatic rings. The van der Waals surface area contributed by atoms with Gasteiger partial charge in [0, 0.05) is 12.0 Å². The third-order valence-electron chi connectivity index (χ3n) is 4.98. The van der Waals surface area contributed by atoms with Crippen LogP contribution in [-0.2, 0) is 10.0 Å². The topological polar surface area (TPSA) is 81.1 Å². The predicted octanol–water partition coefficient (Wildman–Crippen LogP) is 2.59. The maximum absolute atomic E-state index is 12.5. The molecule has 1 aromatic rings. The summed E-state index contributed by atoms with van der Waals surface area (Å²) in [6, 6.07) is 0.207. The van der Waals surface area contributed by atoms with E-state index in [0.717, 1.165) is 44.2 Å².